The molecule has 11 heteroatoms. The van der Waals surface area contributed by atoms with Gasteiger partial charge in [-0.15, -0.1) is 0 Å². The molecule has 1 atom stereocenters. The second-order valence-corrected chi connectivity index (χ2v) is 8.64. The number of benzene rings is 2. The van der Waals surface area contributed by atoms with Crippen LogP contribution in [0.1, 0.15) is 23.2 Å². The van der Waals surface area contributed by atoms with Crippen LogP contribution in [0, 0.1) is 11.6 Å². The fourth-order valence-electron chi connectivity index (χ4n) is 2.92. The summed E-state index contributed by atoms with van der Waals surface area (Å²) >= 11 is 0. The Balaban J connectivity index is 1.51. The van der Waals surface area contributed by atoms with Gasteiger partial charge in [-0.25, -0.2) is 21.9 Å². The molecule has 31 heavy (non-hydrogen) atoms. The number of hydrogen-bond acceptors (Lipinski definition) is 5. The molecule has 0 radical (unpaired) electrons. The van der Waals surface area contributed by atoms with E-state index in [1.807, 2.05) is 0 Å². The molecule has 0 aliphatic carbocycles. The van der Waals surface area contributed by atoms with Gasteiger partial charge in [0.25, 0.3) is 5.91 Å². The van der Waals surface area contributed by atoms with Crippen molar-refractivity contribution < 1.29 is 31.5 Å². The molecule has 0 saturated carbocycles. The van der Waals surface area contributed by atoms with E-state index in [4.69, 9.17) is 4.74 Å². The van der Waals surface area contributed by atoms with Crippen molar-refractivity contribution in [2.24, 2.45) is 0 Å². The molecule has 1 heterocycles. The summed E-state index contributed by atoms with van der Waals surface area (Å²) < 4.78 is 58.6. The zero-order chi connectivity index (χ0) is 22.4. The Hall–Kier alpha value is -2.89. The highest BCUT2D eigenvalue weighted by Crippen LogP contribution is 2.15. The third-order valence-corrected chi connectivity index (χ3v) is 6.00. The third kappa shape index (κ3) is 6.29. The molecular formula is C20H21F2N3O5S. The first-order valence-corrected chi connectivity index (χ1v) is 11.0. The Morgan fingerprint density at radius 2 is 1.81 bits per heavy atom. The summed E-state index contributed by atoms with van der Waals surface area (Å²) in [5, 5.41) is 4.69. The smallest absolute Gasteiger partial charge is 0.251 e. The summed E-state index contributed by atoms with van der Waals surface area (Å²) in [6.07, 6.45) is 1.55. The number of carbonyl (C=O) groups is 2. The van der Waals surface area contributed by atoms with Gasteiger partial charge in [0.2, 0.25) is 15.9 Å². The summed E-state index contributed by atoms with van der Waals surface area (Å²) in [5.41, 5.74) is 0.196. The number of hydrogen-bond donors (Lipinski definition) is 3. The van der Waals surface area contributed by atoms with Crippen LogP contribution in [-0.2, 0) is 19.6 Å². The highest BCUT2D eigenvalue weighted by Gasteiger charge is 2.20. The van der Waals surface area contributed by atoms with Gasteiger partial charge in [-0.3, -0.25) is 9.59 Å². The highest BCUT2D eigenvalue weighted by molar-refractivity contribution is 7.89. The first-order valence-electron chi connectivity index (χ1n) is 9.49. The van der Waals surface area contributed by atoms with Crippen LogP contribution >= 0.6 is 0 Å². The maximum absolute atomic E-state index is 13.2. The normalized spacial score (nSPS) is 16.1. The molecular weight excluding hydrogens is 432 g/mol. The van der Waals surface area contributed by atoms with Crippen molar-refractivity contribution in [2.75, 3.05) is 25.0 Å². The summed E-state index contributed by atoms with van der Waals surface area (Å²) in [5.74, 6) is -3.39. The molecule has 166 valence electrons. The zero-order valence-corrected chi connectivity index (χ0v) is 17.2. The van der Waals surface area contributed by atoms with Crippen molar-refractivity contribution in [2.45, 2.75) is 23.8 Å². The molecule has 1 fully saturated rings. The molecule has 2 amide bonds. The van der Waals surface area contributed by atoms with Crippen LogP contribution in [0.15, 0.2) is 47.4 Å². The number of carbonyl (C=O) groups excluding carboxylic acids is 2. The number of ether oxygens (including phenoxy) is 1. The van der Waals surface area contributed by atoms with Gasteiger partial charge in [0.1, 0.15) is 0 Å². The van der Waals surface area contributed by atoms with E-state index in [0.29, 0.717) is 6.61 Å². The standard InChI is InChI=1S/C20H21F2N3O5S/c21-17-8-5-14(10-18(17)22)25-19(26)12-23-20(27)13-3-6-16(7-4-13)31(28,29)24-11-15-2-1-9-30-15/h3-8,10,15,24H,1-2,9,11-12H2,(H,23,27)(H,25,26)/t15-/m0/s1. The van der Waals surface area contributed by atoms with Crippen LogP contribution < -0.4 is 15.4 Å². The summed E-state index contributed by atoms with van der Waals surface area (Å²) in [6, 6.07) is 8.09. The van der Waals surface area contributed by atoms with Crippen LogP contribution in [0.25, 0.3) is 0 Å². The molecule has 3 rings (SSSR count). The summed E-state index contributed by atoms with van der Waals surface area (Å²) in [6.45, 7) is 0.382. The lowest BCUT2D eigenvalue weighted by Crippen LogP contribution is -2.33. The fraction of sp³-hybridized carbons (Fsp3) is 0.300. The quantitative estimate of drug-likeness (QED) is 0.564. The Labute approximate surface area is 178 Å². The van der Waals surface area contributed by atoms with Crippen LogP contribution in [-0.4, -0.2) is 46.0 Å². The molecule has 2 aromatic rings. The van der Waals surface area contributed by atoms with Gasteiger partial charge in [-0.2, -0.15) is 0 Å². The number of halogens is 2. The number of rotatable bonds is 8. The van der Waals surface area contributed by atoms with Crippen molar-refractivity contribution in [3.8, 4) is 0 Å². The van der Waals surface area contributed by atoms with Gasteiger partial charge < -0.3 is 15.4 Å². The average molecular weight is 453 g/mol. The minimum Gasteiger partial charge on any atom is -0.377 e. The van der Waals surface area contributed by atoms with Gasteiger partial charge in [0.15, 0.2) is 11.6 Å². The van der Waals surface area contributed by atoms with Crippen LogP contribution in [0.3, 0.4) is 0 Å². The average Bonchev–Trinajstić information content (AvgIpc) is 3.27. The van der Waals surface area contributed by atoms with E-state index in [1.165, 1.54) is 30.3 Å². The second-order valence-electron chi connectivity index (χ2n) is 6.87. The van der Waals surface area contributed by atoms with Gasteiger partial charge in [0.05, 0.1) is 17.5 Å². The van der Waals surface area contributed by atoms with Crippen molar-refractivity contribution in [1.82, 2.24) is 10.0 Å². The van der Waals surface area contributed by atoms with Gasteiger partial charge in [-0.05, 0) is 49.2 Å². The maximum atomic E-state index is 13.2. The van der Waals surface area contributed by atoms with Crippen LogP contribution in [0.5, 0.6) is 0 Å². The zero-order valence-electron chi connectivity index (χ0n) is 16.4. The molecule has 3 N–H and O–H groups in total. The molecule has 0 aromatic heterocycles. The Morgan fingerprint density at radius 3 is 2.45 bits per heavy atom. The summed E-state index contributed by atoms with van der Waals surface area (Å²) in [4.78, 5) is 24.0. The topological polar surface area (TPSA) is 114 Å². The largest absolute Gasteiger partial charge is 0.377 e. The minimum atomic E-state index is -3.74. The van der Waals surface area contributed by atoms with Crippen molar-refractivity contribution in [3.63, 3.8) is 0 Å². The van der Waals surface area contributed by atoms with E-state index in [-0.39, 0.29) is 28.8 Å². The predicted octanol–water partition coefficient (Wildman–Crippen LogP) is 1.79. The minimum absolute atomic E-state index is 0.00173. The first kappa shape index (κ1) is 22.8. The lowest BCUT2D eigenvalue weighted by atomic mass is 10.2. The van der Waals surface area contributed by atoms with E-state index >= 15 is 0 Å². The van der Waals surface area contributed by atoms with E-state index < -0.39 is 40.0 Å². The second kappa shape index (κ2) is 9.94. The monoisotopic (exact) mass is 453 g/mol. The molecule has 2 aromatic carbocycles. The SMILES string of the molecule is O=C(CNC(=O)c1ccc(S(=O)(=O)NC[C@@H]2CCCO2)cc1)Nc1ccc(F)c(F)c1. The van der Waals surface area contributed by atoms with Crippen LogP contribution in [0.2, 0.25) is 0 Å². The van der Waals surface area contributed by atoms with E-state index in [0.717, 1.165) is 25.0 Å². The third-order valence-electron chi connectivity index (χ3n) is 4.56. The van der Waals surface area contributed by atoms with E-state index in [9.17, 15) is 26.8 Å². The number of nitrogens with one attached hydrogen (secondary N) is 3. The Bertz CT molecular complexity index is 1050. The molecule has 1 saturated heterocycles. The molecule has 0 spiro atoms. The predicted molar refractivity (Wildman–Crippen MR) is 108 cm³/mol. The number of sulfonamides is 1. The van der Waals surface area contributed by atoms with Gasteiger partial charge >= 0.3 is 0 Å². The van der Waals surface area contributed by atoms with Gasteiger partial charge in [-0.1, -0.05) is 0 Å². The first-order chi connectivity index (χ1) is 14.7. The molecule has 0 unspecified atom stereocenters. The van der Waals surface area contributed by atoms with Crippen molar-refractivity contribution in [3.05, 3.63) is 59.7 Å². The van der Waals surface area contributed by atoms with E-state index in [1.54, 1.807) is 0 Å². The highest BCUT2D eigenvalue weighted by atomic mass is 32.2. The molecule has 8 nitrogen and oxygen atoms in total. The molecule has 1 aliphatic rings. The van der Waals surface area contributed by atoms with Crippen molar-refractivity contribution in [1.29, 1.82) is 0 Å². The lowest BCUT2D eigenvalue weighted by Gasteiger charge is -2.12. The van der Waals surface area contributed by atoms with Crippen LogP contribution in [0.4, 0.5) is 14.5 Å². The lowest BCUT2D eigenvalue weighted by molar-refractivity contribution is -0.115. The number of anilines is 1. The molecule has 0 bridgehead atoms. The van der Waals surface area contributed by atoms with Gasteiger partial charge in [0, 0.05) is 30.5 Å². The fourth-order valence-corrected chi connectivity index (χ4v) is 3.98. The summed E-state index contributed by atoms with van der Waals surface area (Å²) in [7, 11) is -3.74. The Kier molecular flexibility index (Phi) is 7.31. The maximum Gasteiger partial charge on any atom is 0.251 e. The van der Waals surface area contributed by atoms with Crippen molar-refractivity contribution >= 4 is 27.5 Å². The molecule has 1 aliphatic heterocycles. The number of amides is 2. The Morgan fingerprint density at radius 1 is 1.06 bits per heavy atom. The van der Waals surface area contributed by atoms with E-state index in [2.05, 4.69) is 15.4 Å².